The van der Waals surface area contributed by atoms with Crippen molar-refractivity contribution in [3.05, 3.63) is 79.5 Å². The molecule has 0 unspecified atom stereocenters. The molecule has 5 bridgehead atoms. The lowest BCUT2D eigenvalue weighted by molar-refractivity contribution is -0.157. The van der Waals surface area contributed by atoms with E-state index in [-0.39, 0.29) is 73.1 Å². The molecule has 3 aromatic carbocycles. The van der Waals surface area contributed by atoms with Gasteiger partial charge >= 0.3 is 11.8 Å². The average molecular weight is 870 g/mol. The Morgan fingerprint density at radius 2 is 1.67 bits per heavy atom. The van der Waals surface area contributed by atoms with Crippen molar-refractivity contribution in [3.63, 3.8) is 0 Å². The van der Waals surface area contributed by atoms with Crippen LogP contribution in [0.1, 0.15) is 73.3 Å². The van der Waals surface area contributed by atoms with E-state index in [9.17, 15) is 44.7 Å². The molecule has 0 radical (unpaired) electrons. The van der Waals surface area contributed by atoms with Gasteiger partial charge < -0.3 is 54.4 Å². The van der Waals surface area contributed by atoms with Gasteiger partial charge in [0.25, 0.3) is 5.91 Å². The standard InChI is InChI=1S/C47H55N3O13/c1-21-11-9-12-23(3)46(59)49-37-41(57)33-32(36-44(37)62-31-20-28(19-30(53)35(31)48-36)50-16-14-29(52)15-17-50)34-43(26(6)40(33)56)63-47(8,45(34)58)60-18-10-13-22(2)42(61-27(7)51)25(5)39(55)24(4)38(21)54/h9-12,18-22,24-25,29,38-39,42,52,54-56,58H,13-17H2,1-8H3,(H,49,59)/b11-9+,18-10+,23-12-/t21-,22+,24+,25+,38-,39+,42+,47-/m0/s1. The maximum atomic E-state index is 14.7. The molecule has 5 heterocycles. The summed E-state index contributed by atoms with van der Waals surface area (Å²) in [4.78, 5) is 61.4. The molecule has 4 aliphatic rings. The number of esters is 1. The Labute approximate surface area is 362 Å². The first-order chi connectivity index (χ1) is 29.7. The van der Waals surface area contributed by atoms with Crippen LogP contribution < -0.4 is 31.0 Å². The number of carbonyl (C=O) groups excluding carboxylic acids is 2. The summed E-state index contributed by atoms with van der Waals surface area (Å²) in [7, 11) is 0. The van der Waals surface area contributed by atoms with Crippen molar-refractivity contribution in [3.8, 4) is 11.5 Å². The van der Waals surface area contributed by atoms with Gasteiger partial charge in [-0.25, -0.2) is 4.98 Å². The number of aliphatic hydroxyl groups is 4. The first kappa shape index (κ1) is 45.1. The summed E-state index contributed by atoms with van der Waals surface area (Å²) in [6.07, 6.45) is 5.55. The highest BCUT2D eigenvalue weighted by molar-refractivity contribution is 6.16. The number of amides is 1. The van der Waals surface area contributed by atoms with Crippen LogP contribution in [0.15, 0.2) is 62.3 Å². The van der Waals surface area contributed by atoms with Crippen molar-refractivity contribution in [2.75, 3.05) is 23.3 Å². The summed E-state index contributed by atoms with van der Waals surface area (Å²) in [5, 5.41) is 58.9. The van der Waals surface area contributed by atoms with Gasteiger partial charge in [-0.3, -0.25) is 19.2 Å². The van der Waals surface area contributed by atoms with Gasteiger partial charge in [0.05, 0.1) is 35.2 Å². The van der Waals surface area contributed by atoms with Crippen LogP contribution >= 0.6 is 0 Å². The number of fused-ring (bicyclic) bond motifs is 14. The molecule has 16 heteroatoms. The molecule has 0 aliphatic carbocycles. The molecule has 0 saturated carbocycles. The highest BCUT2D eigenvalue weighted by Crippen LogP contribution is 2.42. The number of aromatic hydroxyl groups is 1. The first-order valence-corrected chi connectivity index (χ1v) is 21.3. The molecule has 8 atom stereocenters. The predicted molar refractivity (Wildman–Crippen MR) is 236 cm³/mol. The molecular formula is C47H55N3O13. The molecule has 63 heavy (non-hydrogen) atoms. The van der Waals surface area contributed by atoms with Crippen LogP contribution in [0.3, 0.4) is 0 Å². The summed E-state index contributed by atoms with van der Waals surface area (Å²) in [5.74, 6) is -6.41. The second-order valence-electron chi connectivity index (χ2n) is 17.5. The highest BCUT2D eigenvalue weighted by atomic mass is 16.7. The summed E-state index contributed by atoms with van der Waals surface area (Å²) in [5.41, 5.74) is -1.60. The fourth-order valence-electron chi connectivity index (χ4n) is 8.91. The third-order valence-corrected chi connectivity index (χ3v) is 12.8. The monoisotopic (exact) mass is 869 g/mol. The second-order valence-corrected chi connectivity index (χ2v) is 17.5. The number of hydrogen-bond donors (Lipinski definition) is 6. The zero-order chi connectivity index (χ0) is 45.8. The first-order valence-electron chi connectivity index (χ1n) is 21.3. The number of aliphatic hydroxyl groups excluding tert-OH is 4. The summed E-state index contributed by atoms with van der Waals surface area (Å²) < 4.78 is 24.4. The Hall–Kier alpha value is -5.97. The number of allylic oxidation sites excluding steroid dienone is 3. The lowest BCUT2D eigenvalue weighted by Gasteiger charge is -2.36. The third kappa shape index (κ3) is 8.22. The van der Waals surface area contributed by atoms with E-state index in [1.54, 1.807) is 45.1 Å². The Morgan fingerprint density at radius 3 is 2.35 bits per heavy atom. The van der Waals surface area contributed by atoms with E-state index < -0.39 is 82.2 Å². The molecular weight excluding hydrogens is 815 g/mol. The van der Waals surface area contributed by atoms with Crippen LogP contribution in [0.2, 0.25) is 0 Å². The van der Waals surface area contributed by atoms with Gasteiger partial charge in [0, 0.05) is 79.0 Å². The van der Waals surface area contributed by atoms with Crippen molar-refractivity contribution in [1.29, 1.82) is 0 Å². The van der Waals surface area contributed by atoms with Crippen LogP contribution in [0, 0.1) is 30.6 Å². The summed E-state index contributed by atoms with van der Waals surface area (Å²) in [6, 6.07) is 3.00. The van der Waals surface area contributed by atoms with Gasteiger partial charge in [-0.15, -0.1) is 0 Å². The number of hydrogen-bond acceptors (Lipinski definition) is 15. The largest absolute Gasteiger partial charge is 0.507 e. The zero-order valence-electron chi connectivity index (χ0n) is 36.6. The number of carbonyl (C=O) groups is 2. The molecule has 16 nitrogen and oxygen atoms in total. The molecule has 4 aromatic rings. The number of aromatic nitrogens is 1. The number of ether oxygens (including phenoxy) is 3. The van der Waals surface area contributed by atoms with Crippen molar-refractivity contribution >= 4 is 62.0 Å². The summed E-state index contributed by atoms with van der Waals surface area (Å²) >= 11 is 0. The quantitative estimate of drug-likeness (QED) is 0.0893. The van der Waals surface area contributed by atoms with Crippen LogP contribution in [0.5, 0.6) is 11.5 Å². The van der Waals surface area contributed by atoms with Crippen molar-refractivity contribution in [1.82, 2.24) is 4.98 Å². The minimum absolute atomic E-state index is 0.00378. The minimum atomic E-state index is -1.92. The minimum Gasteiger partial charge on any atom is -0.507 e. The van der Waals surface area contributed by atoms with Crippen LogP contribution in [-0.2, 0) is 19.1 Å². The molecule has 1 saturated heterocycles. The second kappa shape index (κ2) is 17.3. The predicted octanol–water partition coefficient (Wildman–Crippen LogP) is 4.90. The molecule has 4 aliphatic heterocycles. The van der Waals surface area contributed by atoms with Crippen molar-refractivity contribution in [2.24, 2.45) is 23.7 Å². The SMILES string of the molecule is CC(=O)O[C@H]1[C@H](C)[C@H](O)[C@H](C)[C@@H](O)[C@@H](C)/C=C/C=C(/C)C(=O)Nc2c(=O)c3c(O)c(C)c4c(c3c3nc5c(=O)cc(N6CCC(O)CC6)cc5oc23)=C(O)[C@@](C)(O/C=C/C[C@H]1C)O4. The number of phenolic OH excluding ortho intramolecular Hbond substituents is 1. The van der Waals surface area contributed by atoms with E-state index in [1.165, 1.54) is 46.1 Å². The van der Waals surface area contributed by atoms with E-state index in [1.807, 2.05) is 11.8 Å². The lowest BCUT2D eigenvalue weighted by Crippen LogP contribution is -2.44. The maximum absolute atomic E-state index is 14.7. The number of benzene rings is 3. The number of anilines is 2. The number of piperidine rings is 1. The third-order valence-electron chi connectivity index (χ3n) is 12.8. The topological polar surface area (TPSA) is 238 Å². The Morgan fingerprint density at radius 1 is 0.968 bits per heavy atom. The fourth-order valence-corrected chi connectivity index (χ4v) is 8.91. The average Bonchev–Trinajstić information content (AvgIpc) is 3.51. The van der Waals surface area contributed by atoms with Crippen LogP contribution in [-0.4, -0.2) is 85.7 Å². The Kier molecular flexibility index (Phi) is 12.4. The van der Waals surface area contributed by atoms with E-state index in [0.29, 0.717) is 31.6 Å². The van der Waals surface area contributed by atoms with Crippen LogP contribution in [0.25, 0.3) is 38.7 Å². The van der Waals surface area contributed by atoms with Gasteiger partial charge in [-0.05, 0) is 45.1 Å². The van der Waals surface area contributed by atoms with Gasteiger partial charge in [-0.1, -0.05) is 45.9 Å². The van der Waals surface area contributed by atoms with E-state index in [0.717, 1.165) is 0 Å². The number of phenols is 1. The number of rotatable bonds is 2. The number of nitrogens with one attached hydrogen (secondary N) is 1. The smallest absolute Gasteiger partial charge is 0.307 e. The number of nitrogens with zero attached hydrogens (tertiary/aromatic N) is 2. The van der Waals surface area contributed by atoms with E-state index in [4.69, 9.17) is 23.6 Å². The highest BCUT2D eigenvalue weighted by Gasteiger charge is 2.44. The molecule has 0 spiro atoms. The van der Waals surface area contributed by atoms with Crippen molar-refractivity contribution < 1.29 is 53.7 Å². The molecule has 6 N–H and O–H groups in total. The van der Waals surface area contributed by atoms with E-state index >= 15 is 0 Å². The lowest BCUT2D eigenvalue weighted by atomic mass is 9.79. The van der Waals surface area contributed by atoms with Gasteiger partial charge in [-0.2, -0.15) is 0 Å². The Balaban J connectivity index is 1.46. The van der Waals surface area contributed by atoms with Gasteiger partial charge in [0.2, 0.25) is 10.9 Å². The van der Waals surface area contributed by atoms with Gasteiger partial charge in [0.15, 0.2) is 22.4 Å². The molecule has 1 aromatic heterocycles. The normalized spacial score (nSPS) is 29.6. The molecule has 1 fully saturated rings. The zero-order valence-corrected chi connectivity index (χ0v) is 36.6. The van der Waals surface area contributed by atoms with Gasteiger partial charge in [0.1, 0.15) is 28.8 Å². The molecule has 8 rings (SSSR count). The maximum Gasteiger partial charge on any atom is 0.307 e. The summed E-state index contributed by atoms with van der Waals surface area (Å²) in [6.45, 7) is 13.7. The van der Waals surface area contributed by atoms with E-state index in [2.05, 4.69) is 5.32 Å². The fraction of sp³-hybridized carbons (Fsp3) is 0.468. The van der Waals surface area contributed by atoms with Crippen LogP contribution in [0.4, 0.5) is 11.4 Å². The molecule has 1 amide bonds. The Bertz CT molecular complexity index is 2770. The van der Waals surface area contributed by atoms with Crippen molar-refractivity contribution in [2.45, 2.75) is 105 Å². The molecule has 336 valence electrons.